The van der Waals surface area contributed by atoms with Crippen molar-refractivity contribution in [3.63, 3.8) is 0 Å². The number of benzene rings is 1. The van der Waals surface area contributed by atoms with Crippen LogP contribution in [0.15, 0.2) is 36.0 Å². The van der Waals surface area contributed by atoms with Gasteiger partial charge in [0, 0.05) is 25.9 Å². The molecule has 33 heavy (non-hydrogen) atoms. The SMILES string of the molecule is Cn1ncc(C(=O)NCC2SCCN2C(=O)c2ncsc2-c2ccc(F)cc2)c1C(F)(F)F. The molecule has 1 saturated heterocycles. The molecule has 13 heteroatoms. The van der Waals surface area contributed by atoms with Crippen molar-refractivity contribution >= 4 is 34.9 Å². The number of nitrogens with zero attached hydrogens (tertiary/aromatic N) is 4. The van der Waals surface area contributed by atoms with Crippen LogP contribution in [-0.4, -0.2) is 55.7 Å². The second kappa shape index (κ2) is 9.14. The van der Waals surface area contributed by atoms with Crippen LogP contribution in [0.2, 0.25) is 0 Å². The van der Waals surface area contributed by atoms with Crippen LogP contribution in [0, 0.1) is 5.82 Å². The number of hydrogen-bond acceptors (Lipinski definition) is 6. The first-order valence-electron chi connectivity index (χ1n) is 9.66. The summed E-state index contributed by atoms with van der Waals surface area (Å²) in [4.78, 5) is 31.9. The smallest absolute Gasteiger partial charge is 0.349 e. The lowest BCUT2D eigenvalue weighted by Gasteiger charge is -2.24. The second-order valence-electron chi connectivity index (χ2n) is 7.10. The highest BCUT2D eigenvalue weighted by molar-refractivity contribution is 8.00. The summed E-state index contributed by atoms with van der Waals surface area (Å²) in [6.07, 6.45) is -3.86. The van der Waals surface area contributed by atoms with Crippen molar-refractivity contribution < 1.29 is 27.2 Å². The maximum absolute atomic E-state index is 13.3. The number of aromatic nitrogens is 3. The first kappa shape index (κ1) is 23.2. The van der Waals surface area contributed by atoms with Gasteiger partial charge in [0.15, 0.2) is 5.69 Å². The number of alkyl halides is 3. The topological polar surface area (TPSA) is 80.1 Å². The van der Waals surface area contributed by atoms with Gasteiger partial charge in [0.25, 0.3) is 11.8 Å². The van der Waals surface area contributed by atoms with E-state index in [1.165, 1.54) is 45.6 Å². The van der Waals surface area contributed by atoms with E-state index in [9.17, 15) is 27.2 Å². The molecular formula is C20H17F4N5O2S2. The fourth-order valence-corrected chi connectivity index (χ4v) is 5.42. The van der Waals surface area contributed by atoms with Crippen LogP contribution in [0.5, 0.6) is 0 Å². The highest BCUT2D eigenvalue weighted by Crippen LogP contribution is 2.33. The van der Waals surface area contributed by atoms with Gasteiger partial charge in [0.05, 0.1) is 27.5 Å². The zero-order valence-electron chi connectivity index (χ0n) is 17.1. The minimum absolute atomic E-state index is 0.0442. The lowest BCUT2D eigenvalue weighted by molar-refractivity contribution is -0.144. The van der Waals surface area contributed by atoms with Crippen molar-refractivity contribution in [3.8, 4) is 10.4 Å². The van der Waals surface area contributed by atoms with Crippen molar-refractivity contribution in [1.82, 2.24) is 25.0 Å². The third kappa shape index (κ3) is 4.74. The third-order valence-corrected chi connectivity index (χ3v) is 7.12. The maximum atomic E-state index is 13.3. The van der Waals surface area contributed by atoms with E-state index in [4.69, 9.17) is 0 Å². The summed E-state index contributed by atoms with van der Waals surface area (Å²) >= 11 is 2.65. The van der Waals surface area contributed by atoms with E-state index in [0.29, 0.717) is 27.4 Å². The lowest BCUT2D eigenvalue weighted by Crippen LogP contribution is -2.42. The number of hydrogen-bond donors (Lipinski definition) is 1. The average molecular weight is 500 g/mol. The number of amides is 2. The largest absolute Gasteiger partial charge is 0.433 e. The summed E-state index contributed by atoms with van der Waals surface area (Å²) in [5.74, 6) is -1.08. The number of thiazole rings is 1. The van der Waals surface area contributed by atoms with Gasteiger partial charge in [-0.15, -0.1) is 23.1 Å². The van der Waals surface area contributed by atoms with Crippen LogP contribution >= 0.6 is 23.1 Å². The molecule has 0 spiro atoms. The molecule has 3 heterocycles. The molecule has 1 aliphatic rings. The Bertz CT molecular complexity index is 1180. The zero-order valence-corrected chi connectivity index (χ0v) is 18.7. The highest BCUT2D eigenvalue weighted by atomic mass is 32.2. The van der Waals surface area contributed by atoms with Gasteiger partial charge >= 0.3 is 6.18 Å². The second-order valence-corrected chi connectivity index (χ2v) is 9.24. The minimum atomic E-state index is -4.73. The Morgan fingerprint density at radius 1 is 1.24 bits per heavy atom. The summed E-state index contributed by atoms with van der Waals surface area (Å²) in [7, 11) is 1.11. The number of halogens is 4. The predicted molar refractivity (Wildman–Crippen MR) is 115 cm³/mol. The minimum Gasteiger partial charge on any atom is -0.349 e. The van der Waals surface area contributed by atoms with Crippen molar-refractivity contribution in [2.45, 2.75) is 11.6 Å². The van der Waals surface area contributed by atoms with Gasteiger partial charge in [0.1, 0.15) is 11.5 Å². The Morgan fingerprint density at radius 2 is 1.97 bits per heavy atom. The molecule has 0 aliphatic carbocycles. The van der Waals surface area contributed by atoms with E-state index in [0.717, 1.165) is 13.2 Å². The molecule has 1 N–H and O–H groups in total. The summed E-state index contributed by atoms with van der Waals surface area (Å²) < 4.78 is 53.6. The van der Waals surface area contributed by atoms with Crippen LogP contribution in [0.1, 0.15) is 26.5 Å². The molecule has 1 unspecified atom stereocenters. The van der Waals surface area contributed by atoms with Crippen molar-refractivity contribution in [1.29, 1.82) is 0 Å². The molecule has 7 nitrogen and oxygen atoms in total. The molecule has 2 amide bonds. The van der Waals surface area contributed by atoms with E-state index in [1.54, 1.807) is 12.1 Å². The summed E-state index contributed by atoms with van der Waals surface area (Å²) in [5.41, 5.74) is 0.655. The molecular weight excluding hydrogens is 482 g/mol. The maximum Gasteiger partial charge on any atom is 0.433 e. The van der Waals surface area contributed by atoms with Gasteiger partial charge in [-0.2, -0.15) is 18.3 Å². The number of nitrogens with one attached hydrogen (secondary N) is 1. The van der Waals surface area contributed by atoms with E-state index in [-0.39, 0.29) is 18.1 Å². The molecule has 1 aliphatic heterocycles. The molecule has 4 rings (SSSR count). The van der Waals surface area contributed by atoms with Crippen LogP contribution in [-0.2, 0) is 13.2 Å². The van der Waals surface area contributed by atoms with E-state index in [1.807, 2.05) is 0 Å². The molecule has 0 saturated carbocycles. The first-order valence-corrected chi connectivity index (χ1v) is 11.6. The van der Waals surface area contributed by atoms with Crippen molar-refractivity contribution in [2.75, 3.05) is 18.8 Å². The van der Waals surface area contributed by atoms with Crippen LogP contribution in [0.3, 0.4) is 0 Å². The molecule has 174 valence electrons. The predicted octanol–water partition coefficient (Wildman–Crippen LogP) is 3.65. The standard InChI is InChI=1S/C20H17F4N5O2S2/c1-28-17(20(22,23)24)13(8-27-28)18(30)25-9-14-29(6-7-32-14)19(31)15-16(33-10-26-15)11-2-4-12(21)5-3-11/h2-5,8,10,14H,6-7,9H2,1H3,(H,25,30). The molecule has 0 radical (unpaired) electrons. The van der Waals surface area contributed by atoms with E-state index in [2.05, 4.69) is 15.4 Å². The summed E-state index contributed by atoms with van der Waals surface area (Å²) in [6, 6.07) is 5.70. The Kier molecular flexibility index (Phi) is 6.43. The Morgan fingerprint density at radius 3 is 2.67 bits per heavy atom. The highest BCUT2D eigenvalue weighted by Gasteiger charge is 2.40. The Balaban J connectivity index is 1.48. The molecule has 2 aromatic heterocycles. The average Bonchev–Trinajstić information content (AvgIpc) is 3.50. The van der Waals surface area contributed by atoms with Gasteiger partial charge in [-0.05, 0) is 17.7 Å². The van der Waals surface area contributed by atoms with Gasteiger partial charge in [-0.3, -0.25) is 14.3 Å². The van der Waals surface area contributed by atoms with E-state index < -0.39 is 34.5 Å². The third-order valence-electron chi connectivity index (χ3n) is 5.02. The van der Waals surface area contributed by atoms with Gasteiger partial charge in [-0.1, -0.05) is 12.1 Å². The molecule has 1 aromatic carbocycles. The Hall–Kier alpha value is -2.93. The first-order chi connectivity index (χ1) is 15.7. The monoisotopic (exact) mass is 499 g/mol. The fraction of sp³-hybridized carbons (Fsp3) is 0.300. The van der Waals surface area contributed by atoms with Gasteiger partial charge in [0.2, 0.25) is 0 Å². The molecule has 1 fully saturated rings. The normalized spacial score (nSPS) is 16.3. The van der Waals surface area contributed by atoms with E-state index >= 15 is 0 Å². The molecule has 1 atom stereocenters. The number of carbonyl (C=O) groups excluding carboxylic acids is 2. The van der Waals surface area contributed by atoms with Crippen molar-refractivity contribution in [3.05, 3.63) is 58.7 Å². The number of rotatable bonds is 5. The molecule has 0 bridgehead atoms. The molecule has 3 aromatic rings. The van der Waals surface area contributed by atoms with Crippen LogP contribution < -0.4 is 5.32 Å². The van der Waals surface area contributed by atoms with Crippen molar-refractivity contribution in [2.24, 2.45) is 7.05 Å². The summed E-state index contributed by atoms with van der Waals surface area (Å²) in [5, 5.41) is 5.55. The lowest BCUT2D eigenvalue weighted by atomic mass is 10.1. The zero-order chi connectivity index (χ0) is 23.8. The van der Waals surface area contributed by atoms with Gasteiger partial charge in [-0.25, -0.2) is 9.37 Å². The van der Waals surface area contributed by atoms with Crippen LogP contribution in [0.4, 0.5) is 17.6 Å². The number of carbonyl (C=O) groups is 2. The fourth-order valence-electron chi connectivity index (χ4n) is 3.48. The quantitative estimate of drug-likeness (QED) is 0.543. The Labute approximate surface area is 193 Å². The summed E-state index contributed by atoms with van der Waals surface area (Å²) in [6.45, 7) is 0.350. The van der Waals surface area contributed by atoms with Crippen LogP contribution in [0.25, 0.3) is 10.4 Å². The van der Waals surface area contributed by atoms with Gasteiger partial charge < -0.3 is 10.2 Å². The number of thioether (sulfide) groups is 1. The number of aryl methyl sites for hydroxylation is 1.